The van der Waals surface area contributed by atoms with Gasteiger partial charge in [-0.05, 0) is 0 Å². The van der Waals surface area contributed by atoms with Gasteiger partial charge in [-0.3, -0.25) is 0 Å². The van der Waals surface area contributed by atoms with Gasteiger partial charge in [0.05, 0.1) is 0 Å². The summed E-state index contributed by atoms with van der Waals surface area (Å²) in [5, 5.41) is 2.86. The van der Waals surface area contributed by atoms with Gasteiger partial charge in [-0.2, -0.15) is 0 Å². The van der Waals surface area contributed by atoms with E-state index in [9.17, 15) is 0 Å². The van der Waals surface area contributed by atoms with Crippen molar-refractivity contribution in [3.8, 4) is 0 Å². The fourth-order valence-corrected chi connectivity index (χ4v) is 11.8. The van der Waals surface area contributed by atoms with Gasteiger partial charge in [0.1, 0.15) is 0 Å². The maximum Gasteiger partial charge on any atom is -1.00 e. The molecule has 0 amide bonds. The van der Waals surface area contributed by atoms with E-state index in [2.05, 4.69) is 178 Å². The van der Waals surface area contributed by atoms with E-state index in [-0.39, 0.29) is 30.2 Å². The zero-order chi connectivity index (χ0) is 32.5. The molecule has 0 radical (unpaired) electrons. The molecular weight excluding hydrogens is 727 g/mol. The predicted molar refractivity (Wildman–Crippen MR) is 200 cm³/mol. The topological polar surface area (TPSA) is 0 Å². The van der Waals surface area contributed by atoms with E-state index in [1.807, 2.05) is 0 Å². The summed E-state index contributed by atoms with van der Waals surface area (Å²) < 4.78 is 3.14. The first-order valence-corrected chi connectivity index (χ1v) is 19.8. The van der Waals surface area contributed by atoms with Gasteiger partial charge in [0.15, 0.2) is 0 Å². The fourth-order valence-electron chi connectivity index (χ4n) is 7.92. The van der Waals surface area contributed by atoms with Crippen LogP contribution in [0.15, 0.2) is 181 Å². The van der Waals surface area contributed by atoms with Gasteiger partial charge in [0.25, 0.3) is 0 Å². The standard InChI is InChI=1S/C34H29.C13H10.2ClH.Zr/c1-3-24-19-20-29-27(21-24)22-30-32(29)31(25-13-7-5-8-14-25)23-34(4-2,28-17-9-6-10-18-28)33(30)26-15-11-12-16-26;1-3-7-12(8-4-1)11-13-9-5-2-6-10-13;;;/h5-15,17-21,23H,3-4,16H2,1-2H3;1-10H;2*1H;/q;;;;+2/p-2. The van der Waals surface area contributed by atoms with Crippen molar-refractivity contribution in [2.24, 2.45) is 0 Å². The summed E-state index contributed by atoms with van der Waals surface area (Å²) >= 11 is -1.43. The van der Waals surface area contributed by atoms with Crippen LogP contribution >= 0.6 is 0 Å². The Morgan fingerprint density at radius 3 is 1.82 bits per heavy atom. The molecule has 3 aliphatic carbocycles. The van der Waals surface area contributed by atoms with Gasteiger partial charge in [-0.15, -0.1) is 0 Å². The van der Waals surface area contributed by atoms with E-state index in [0.717, 1.165) is 19.3 Å². The largest absolute Gasteiger partial charge is 1.00 e. The Morgan fingerprint density at radius 2 is 1.26 bits per heavy atom. The maximum absolute atomic E-state index is 2.65. The molecule has 5 aromatic carbocycles. The third kappa shape index (κ3) is 6.30. The summed E-state index contributed by atoms with van der Waals surface area (Å²) in [6.45, 7) is 4.68. The molecule has 0 aliphatic heterocycles. The van der Waals surface area contributed by atoms with Gasteiger partial charge in [0, 0.05) is 0 Å². The van der Waals surface area contributed by atoms with Gasteiger partial charge < -0.3 is 24.8 Å². The first-order valence-electron chi connectivity index (χ1n) is 17.3. The number of benzene rings is 5. The Hall–Kier alpha value is -3.87. The van der Waals surface area contributed by atoms with Crippen molar-refractivity contribution in [1.82, 2.24) is 0 Å². The minimum atomic E-state index is -1.43. The van der Waals surface area contributed by atoms with Crippen LogP contribution in [-0.4, -0.2) is 3.21 Å². The van der Waals surface area contributed by atoms with Crippen LogP contribution in [0.3, 0.4) is 0 Å². The molecule has 0 N–H and O–H groups in total. The molecule has 1 atom stereocenters. The van der Waals surface area contributed by atoms with Crippen molar-refractivity contribution in [3.63, 3.8) is 0 Å². The van der Waals surface area contributed by atoms with E-state index in [4.69, 9.17) is 0 Å². The molecule has 3 heteroatoms. The maximum atomic E-state index is 2.65. The van der Waals surface area contributed by atoms with E-state index in [1.165, 1.54) is 69.3 Å². The second-order valence-electron chi connectivity index (χ2n) is 12.9. The van der Waals surface area contributed by atoms with Crippen LogP contribution < -0.4 is 35.3 Å². The number of halogens is 2. The van der Waals surface area contributed by atoms with Crippen molar-refractivity contribution < 1.29 is 47.6 Å². The third-order valence-corrected chi connectivity index (χ3v) is 14.2. The molecule has 0 fully saturated rings. The minimum absolute atomic E-state index is 0. The minimum Gasteiger partial charge on any atom is -1.00 e. The second kappa shape index (κ2) is 15.6. The first kappa shape index (κ1) is 35.9. The molecular formula is C47H39Cl2Zr. The Labute approximate surface area is 320 Å². The van der Waals surface area contributed by atoms with Gasteiger partial charge in [-0.25, -0.2) is 0 Å². The van der Waals surface area contributed by atoms with Crippen LogP contribution in [0.25, 0.3) is 14.4 Å². The normalized spacial score (nSPS) is 17.2. The molecule has 245 valence electrons. The second-order valence-corrected chi connectivity index (χ2v) is 16.0. The number of hydrogen-bond acceptors (Lipinski definition) is 0. The monoisotopic (exact) mass is 763 g/mol. The quantitative estimate of drug-likeness (QED) is 0.227. The van der Waals surface area contributed by atoms with E-state index >= 15 is 0 Å². The molecule has 0 saturated carbocycles. The van der Waals surface area contributed by atoms with Crippen LogP contribution in [0.5, 0.6) is 0 Å². The smallest absolute Gasteiger partial charge is 1.00 e. The van der Waals surface area contributed by atoms with Crippen molar-refractivity contribution in [2.75, 3.05) is 0 Å². The molecule has 1 unspecified atom stereocenters. The van der Waals surface area contributed by atoms with E-state index < -0.39 is 22.8 Å². The SMILES string of the molecule is CCc1ccc2c(c1)=[C]([Zr+2]=[C](c1ccccc1)c1ccccc1)C1=C(C3=CC=CC3)C(CC)(c3ccccc3)C=C(c3ccccc3)C=21.[Cl-].[Cl-]. The van der Waals surface area contributed by atoms with Crippen LogP contribution in [-0.2, 0) is 34.6 Å². The Kier molecular flexibility index (Phi) is 11.2. The van der Waals surface area contributed by atoms with Crippen LogP contribution in [0.2, 0.25) is 0 Å². The summed E-state index contributed by atoms with van der Waals surface area (Å²) in [6, 6.07) is 52.2. The van der Waals surface area contributed by atoms with Gasteiger partial charge >= 0.3 is 298 Å². The number of fused-ring (bicyclic) bond motifs is 2. The van der Waals surface area contributed by atoms with E-state index in [0.29, 0.717) is 0 Å². The zero-order valence-corrected chi connectivity index (χ0v) is 32.4. The number of hydrogen-bond donors (Lipinski definition) is 0. The molecule has 0 saturated heterocycles. The molecule has 50 heavy (non-hydrogen) atoms. The van der Waals surface area contributed by atoms with Crippen molar-refractivity contribution in [2.45, 2.75) is 38.5 Å². The van der Waals surface area contributed by atoms with Gasteiger partial charge in [-0.1, -0.05) is 0 Å². The molecule has 8 rings (SSSR count). The van der Waals surface area contributed by atoms with Crippen molar-refractivity contribution in [1.29, 1.82) is 0 Å². The van der Waals surface area contributed by atoms with Crippen LogP contribution in [0.4, 0.5) is 0 Å². The average molecular weight is 766 g/mol. The molecule has 0 bridgehead atoms. The number of rotatable bonds is 8. The Morgan fingerprint density at radius 1 is 0.660 bits per heavy atom. The number of allylic oxidation sites excluding steroid dienone is 8. The zero-order valence-electron chi connectivity index (χ0n) is 28.5. The van der Waals surface area contributed by atoms with Gasteiger partial charge in [0.2, 0.25) is 0 Å². The molecule has 0 aromatic heterocycles. The molecule has 5 aromatic rings. The summed E-state index contributed by atoms with van der Waals surface area (Å²) in [6.07, 6.45) is 12.6. The third-order valence-electron chi connectivity index (χ3n) is 10.3. The summed E-state index contributed by atoms with van der Waals surface area (Å²) in [7, 11) is 0. The summed E-state index contributed by atoms with van der Waals surface area (Å²) in [4.78, 5) is 0. The molecule has 0 spiro atoms. The Balaban J connectivity index is 0.00000216. The van der Waals surface area contributed by atoms with Crippen LogP contribution in [0, 0.1) is 0 Å². The molecule has 3 aliphatic rings. The predicted octanol–water partition coefficient (Wildman–Crippen LogP) is 3.51. The van der Waals surface area contributed by atoms with Crippen molar-refractivity contribution >= 4 is 17.6 Å². The number of aryl methyl sites for hydroxylation is 1. The summed E-state index contributed by atoms with van der Waals surface area (Å²) in [5.74, 6) is 0. The Bertz CT molecular complexity index is 2250. The molecule has 0 nitrogen and oxygen atoms in total. The fraction of sp³-hybridized carbons (Fsp3) is 0.128. The summed E-state index contributed by atoms with van der Waals surface area (Å²) in [5.41, 5.74) is 13.8. The first-order chi connectivity index (χ1) is 23.7. The molecule has 0 heterocycles. The van der Waals surface area contributed by atoms with Crippen LogP contribution in [0.1, 0.15) is 54.5 Å². The average Bonchev–Trinajstić information content (AvgIpc) is 3.81. The van der Waals surface area contributed by atoms with Crippen molar-refractivity contribution in [3.05, 3.63) is 219 Å². The van der Waals surface area contributed by atoms with E-state index in [1.54, 1.807) is 3.28 Å².